The molecule has 0 saturated heterocycles. The number of pyridine rings is 1. The molecule has 148 valence electrons. The normalized spacial score (nSPS) is 10.3. The van der Waals surface area contributed by atoms with Gasteiger partial charge in [-0.15, -0.1) is 0 Å². The van der Waals surface area contributed by atoms with E-state index in [1.54, 1.807) is 67.0 Å². The lowest BCUT2D eigenvalue weighted by Crippen LogP contribution is -2.16. The summed E-state index contributed by atoms with van der Waals surface area (Å²) >= 11 is 0. The lowest BCUT2D eigenvalue weighted by atomic mass is 10.1. The summed E-state index contributed by atoms with van der Waals surface area (Å²) in [5.41, 5.74) is 2.95. The van der Waals surface area contributed by atoms with Gasteiger partial charge in [-0.25, -0.2) is 0 Å². The summed E-state index contributed by atoms with van der Waals surface area (Å²) in [5.74, 6) is 0.214. The number of rotatable bonds is 7. The molecule has 0 saturated carbocycles. The minimum Gasteiger partial charge on any atom is -0.494 e. The maximum absolute atomic E-state index is 12.6. The first-order valence-corrected chi connectivity index (χ1v) is 9.43. The summed E-state index contributed by atoms with van der Waals surface area (Å²) in [6.07, 6.45) is 4.14. The van der Waals surface area contributed by atoms with E-state index < -0.39 is 0 Å². The highest BCUT2D eigenvalue weighted by Gasteiger charge is 2.12. The smallest absolute Gasteiger partial charge is 0.256 e. The number of amides is 2. The molecule has 3 rings (SSSR count). The van der Waals surface area contributed by atoms with E-state index in [9.17, 15) is 9.59 Å². The van der Waals surface area contributed by atoms with Crippen molar-refractivity contribution in [1.29, 1.82) is 0 Å². The molecule has 0 aliphatic rings. The molecule has 29 heavy (non-hydrogen) atoms. The van der Waals surface area contributed by atoms with Crippen molar-refractivity contribution < 1.29 is 14.3 Å². The lowest BCUT2D eigenvalue weighted by molar-refractivity contribution is 0.101. The Morgan fingerprint density at radius 2 is 1.72 bits per heavy atom. The third kappa shape index (κ3) is 5.42. The fraction of sp³-hybridized carbons (Fsp3) is 0.174. The lowest BCUT2D eigenvalue weighted by Gasteiger charge is -2.11. The average Bonchev–Trinajstić information content (AvgIpc) is 2.74. The van der Waals surface area contributed by atoms with Crippen molar-refractivity contribution in [3.63, 3.8) is 0 Å². The van der Waals surface area contributed by atoms with Crippen LogP contribution in [0.3, 0.4) is 0 Å². The topological polar surface area (TPSA) is 80.3 Å². The van der Waals surface area contributed by atoms with E-state index in [0.29, 0.717) is 29.1 Å². The second-order valence-corrected chi connectivity index (χ2v) is 6.55. The van der Waals surface area contributed by atoms with Crippen LogP contribution in [0.2, 0.25) is 0 Å². The number of nitrogens with zero attached hydrogens (tertiary/aromatic N) is 1. The summed E-state index contributed by atoms with van der Waals surface area (Å²) in [4.78, 5) is 29.1. The molecule has 0 unspecified atom stereocenters. The molecule has 0 aliphatic carbocycles. The Hall–Kier alpha value is -3.67. The van der Waals surface area contributed by atoms with Gasteiger partial charge in [0.05, 0.1) is 18.5 Å². The van der Waals surface area contributed by atoms with Gasteiger partial charge in [0.25, 0.3) is 11.8 Å². The zero-order valence-corrected chi connectivity index (χ0v) is 16.4. The molecule has 3 aromatic rings. The molecule has 0 bridgehead atoms. The van der Waals surface area contributed by atoms with Gasteiger partial charge in [-0.3, -0.25) is 14.6 Å². The first kappa shape index (κ1) is 20.1. The summed E-state index contributed by atoms with van der Waals surface area (Å²) < 4.78 is 5.53. The van der Waals surface area contributed by atoms with E-state index >= 15 is 0 Å². The molecule has 6 heteroatoms. The van der Waals surface area contributed by atoms with Gasteiger partial charge < -0.3 is 15.4 Å². The molecule has 2 aromatic carbocycles. The Kier molecular flexibility index (Phi) is 6.58. The molecule has 0 spiro atoms. The van der Waals surface area contributed by atoms with E-state index in [4.69, 9.17) is 4.74 Å². The van der Waals surface area contributed by atoms with Crippen molar-refractivity contribution in [3.05, 3.63) is 83.7 Å². The molecule has 2 N–H and O–H groups in total. The van der Waals surface area contributed by atoms with E-state index in [0.717, 1.165) is 17.7 Å². The van der Waals surface area contributed by atoms with Crippen LogP contribution < -0.4 is 15.4 Å². The van der Waals surface area contributed by atoms with E-state index in [1.807, 2.05) is 13.8 Å². The van der Waals surface area contributed by atoms with Crippen LogP contribution in [0.15, 0.2) is 67.0 Å². The Bertz CT molecular complexity index is 986. The second-order valence-electron chi connectivity index (χ2n) is 6.55. The molecule has 0 radical (unpaired) electrons. The summed E-state index contributed by atoms with van der Waals surface area (Å²) in [6.45, 7) is 4.52. The predicted molar refractivity (Wildman–Crippen MR) is 114 cm³/mol. The van der Waals surface area contributed by atoms with Crippen LogP contribution in [0, 0.1) is 6.92 Å². The number of aryl methyl sites for hydroxylation is 1. The van der Waals surface area contributed by atoms with Crippen LogP contribution in [-0.2, 0) is 0 Å². The standard InChI is InChI=1S/C23H23N3O3/c1-3-13-29-20-10-7-17(8-11-20)22(27)25-18-9-6-16(2)21(14-18)23(28)26-19-5-4-12-24-15-19/h4-12,14-15H,3,13H2,1-2H3,(H,25,27)(H,26,28). The molecular weight excluding hydrogens is 366 g/mol. The number of hydrogen-bond acceptors (Lipinski definition) is 4. The van der Waals surface area contributed by atoms with E-state index in [-0.39, 0.29) is 11.8 Å². The molecule has 0 fully saturated rings. The molecule has 0 atom stereocenters. The summed E-state index contributed by atoms with van der Waals surface area (Å²) in [5, 5.41) is 5.64. The molecule has 0 aliphatic heterocycles. The quantitative estimate of drug-likeness (QED) is 0.615. The number of carbonyl (C=O) groups excluding carboxylic acids is 2. The van der Waals surface area contributed by atoms with Crippen LogP contribution in [-0.4, -0.2) is 23.4 Å². The van der Waals surface area contributed by atoms with Gasteiger partial charge in [0, 0.05) is 23.0 Å². The third-order valence-electron chi connectivity index (χ3n) is 4.25. The summed E-state index contributed by atoms with van der Waals surface area (Å²) in [7, 11) is 0. The Morgan fingerprint density at radius 3 is 2.41 bits per heavy atom. The highest BCUT2D eigenvalue weighted by atomic mass is 16.5. The van der Waals surface area contributed by atoms with Crippen molar-refractivity contribution in [1.82, 2.24) is 4.98 Å². The average molecular weight is 389 g/mol. The SMILES string of the molecule is CCCOc1ccc(C(=O)Nc2ccc(C)c(C(=O)Nc3cccnc3)c2)cc1. The zero-order valence-electron chi connectivity index (χ0n) is 16.4. The van der Waals surface area contributed by atoms with Gasteiger partial charge in [-0.1, -0.05) is 13.0 Å². The van der Waals surface area contributed by atoms with Crippen LogP contribution in [0.4, 0.5) is 11.4 Å². The van der Waals surface area contributed by atoms with Gasteiger partial charge in [-0.05, 0) is 67.4 Å². The number of hydrogen-bond donors (Lipinski definition) is 2. The zero-order chi connectivity index (χ0) is 20.6. The van der Waals surface area contributed by atoms with Crippen molar-refractivity contribution in [2.45, 2.75) is 20.3 Å². The number of nitrogens with one attached hydrogen (secondary N) is 2. The largest absolute Gasteiger partial charge is 0.494 e. The van der Waals surface area contributed by atoms with Crippen LogP contribution in [0.25, 0.3) is 0 Å². The van der Waals surface area contributed by atoms with E-state index in [1.165, 1.54) is 0 Å². The molecular formula is C23H23N3O3. The number of anilines is 2. The minimum atomic E-state index is -0.260. The number of aromatic nitrogens is 1. The maximum atomic E-state index is 12.6. The number of benzene rings is 2. The summed E-state index contributed by atoms with van der Waals surface area (Å²) in [6, 6.07) is 15.7. The Labute approximate surface area is 169 Å². The van der Waals surface area contributed by atoms with Crippen molar-refractivity contribution >= 4 is 23.2 Å². The molecule has 2 amide bonds. The first-order valence-electron chi connectivity index (χ1n) is 9.43. The monoisotopic (exact) mass is 389 g/mol. The fourth-order valence-corrected chi connectivity index (χ4v) is 2.71. The van der Waals surface area contributed by atoms with Crippen LogP contribution in [0.1, 0.15) is 39.6 Å². The van der Waals surface area contributed by atoms with Crippen molar-refractivity contribution in [2.24, 2.45) is 0 Å². The first-order chi connectivity index (χ1) is 14.1. The minimum absolute atomic E-state index is 0.255. The van der Waals surface area contributed by atoms with Gasteiger partial charge in [0.1, 0.15) is 5.75 Å². The van der Waals surface area contributed by atoms with Crippen molar-refractivity contribution in [3.8, 4) is 5.75 Å². The Balaban J connectivity index is 1.70. The molecule has 6 nitrogen and oxygen atoms in total. The van der Waals surface area contributed by atoms with Crippen LogP contribution >= 0.6 is 0 Å². The van der Waals surface area contributed by atoms with E-state index in [2.05, 4.69) is 15.6 Å². The highest BCUT2D eigenvalue weighted by molar-refractivity contribution is 6.08. The molecule has 1 heterocycles. The van der Waals surface area contributed by atoms with Gasteiger partial charge in [0.15, 0.2) is 0 Å². The third-order valence-corrected chi connectivity index (χ3v) is 4.25. The Morgan fingerprint density at radius 1 is 0.966 bits per heavy atom. The van der Waals surface area contributed by atoms with Gasteiger partial charge >= 0.3 is 0 Å². The highest BCUT2D eigenvalue weighted by Crippen LogP contribution is 2.19. The van der Waals surface area contributed by atoms with Gasteiger partial charge in [-0.2, -0.15) is 0 Å². The predicted octanol–water partition coefficient (Wildman–Crippen LogP) is 4.68. The fourth-order valence-electron chi connectivity index (χ4n) is 2.71. The number of carbonyl (C=O) groups is 2. The molecule has 1 aromatic heterocycles. The second kappa shape index (κ2) is 9.50. The maximum Gasteiger partial charge on any atom is 0.256 e. The van der Waals surface area contributed by atoms with Crippen LogP contribution in [0.5, 0.6) is 5.75 Å². The van der Waals surface area contributed by atoms with Gasteiger partial charge in [0.2, 0.25) is 0 Å². The van der Waals surface area contributed by atoms with Crippen molar-refractivity contribution in [2.75, 3.05) is 17.2 Å². The number of ether oxygens (including phenoxy) is 1.